The Morgan fingerprint density at radius 3 is 2.37 bits per heavy atom. The molecule has 19 heavy (non-hydrogen) atoms. The zero-order valence-electron chi connectivity index (χ0n) is 11.5. The number of aromatic nitrogens is 2. The molecule has 1 heterocycles. The molecule has 0 spiro atoms. The van der Waals surface area contributed by atoms with Crippen molar-refractivity contribution in [1.29, 1.82) is 0 Å². The summed E-state index contributed by atoms with van der Waals surface area (Å²) in [6.45, 7) is 8.01. The Bertz CT molecular complexity index is 606. The van der Waals surface area contributed by atoms with Crippen molar-refractivity contribution in [2.75, 3.05) is 5.73 Å². The largest absolute Gasteiger partial charge is 0.383 e. The summed E-state index contributed by atoms with van der Waals surface area (Å²) in [5, 5.41) is 0.331. The lowest BCUT2D eigenvalue weighted by Gasteiger charge is -2.24. The van der Waals surface area contributed by atoms with Gasteiger partial charge in [0.15, 0.2) is 0 Å². The zero-order valence-corrected chi connectivity index (χ0v) is 12.2. The number of aryl methyl sites for hydroxylation is 1. The average molecular weight is 282 g/mol. The van der Waals surface area contributed by atoms with Crippen molar-refractivity contribution in [1.82, 2.24) is 9.55 Å². The predicted molar refractivity (Wildman–Crippen MR) is 76.8 cm³/mol. The van der Waals surface area contributed by atoms with Crippen molar-refractivity contribution in [2.24, 2.45) is 0 Å². The highest BCUT2D eigenvalue weighted by Gasteiger charge is 2.22. The van der Waals surface area contributed by atoms with Crippen molar-refractivity contribution in [2.45, 2.75) is 33.2 Å². The van der Waals surface area contributed by atoms with Gasteiger partial charge in [0.25, 0.3) is 0 Å². The van der Waals surface area contributed by atoms with E-state index in [0.29, 0.717) is 22.1 Å². The normalized spacial score (nSPS) is 11.9. The summed E-state index contributed by atoms with van der Waals surface area (Å²) in [5.41, 5.74) is 7.13. The number of imidazole rings is 1. The number of anilines is 1. The SMILES string of the molecule is Cc1nc(-c2cc(F)cc(Cl)c2)c(N)n1C(C)(C)C. The van der Waals surface area contributed by atoms with Crippen LogP contribution in [0.2, 0.25) is 5.02 Å². The number of halogens is 2. The number of benzene rings is 1. The average Bonchev–Trinajstić information content (AvgIpc) is 2.51. The van der Waals surface area contributed by atoms with Crippen LogP contribution in [0.5, 0.6) is 0 Å². The first-order chi connectivity index (χ1) is 8.70. The van der Waals surface area contributed by atoms with Crippen LogP contribution in [0.15, 0.2) is 18.2 Å². The van der Waals surface area contributed by atoms with Crippen LogP contribution in [0.4, 0.5) is 10.2 Å². The number of nitrogen functional groups attached to an aromatic ring is 1. The lowest BCUT2D eigenvalue weighted by atomic mass is 10.1. The summed E-state index contributed by atoms with van der Waals surface area (Å²) in [4.78, 5) is 4.44. The lowest BCUT2D eigenvalue weighted by molar-refractivity contribution is 0.393. The fraction of sp³-hybridized carbons (Fsp3) is 0.357. The topological polar surface area (TPSA) is 43.8 Å². The van der Waals surface area contributed by atoms with Gasteiger partial charge in [-0.15, -0.1) is 0 Å². The molecule has 1 aromatic carbocycles. The van der Waals surface area contributed by atoms with Gasteiger partial charge in [-0.2, -0.15) is 0 Å². The molecule has 0 aliphatic carbocycles. The minimum absolute atomic E-state index is 0.184. The van der Waals surface area contributed by atoms with Crippen LogP contribution in [0, 0.1) is 12.7 Å². The number of nitrogens with zero attached hydrogens (tertiary/aromatic N) is 2. The van der Waals surface area contributed by atoms with Gasteiger partial charge in [0.1, 0.15) is 23.2 Å². The van der Waals surface area contributed by atoms with Crippen LogP contribution >= 0.6 is 11.6 Å². The molecular formula is C14H17ClFN3. The summed E-state index contributed by atoms with van der Waals surface area (Å²) in [7, 11) is 0. The van der Waals surface area contributed by atoms with Gasteiger partial charge in [0.05, 0.1) is 0 Å². The third kappa shape index (κ3) is 2.59. The van der Waals surface area contributed by atoms with Crippen molar-refractivity contribution in [3.05, 3.63) is 34.9 Å². The molecule has 2 aromatic rings. The summed E-state index contributed by atoms with van der Waals surface area (Å²) in [6, 6.07) is 4.31. The Balaban J connectivity index is 2.65. The quantitative estimate of drug-likeness (QED) is 0.859. The van der Waals surface area contributed by atoms with Crippen molar-refractivity contribution in [3.63, 3.8) is 0 Å². The van der Waals surface area contributed by atoms with Crippen molar-refractivity contribution in [3.8, 4) is 11.3 Å². The van der Waals surface area contributed by atoms with Crippen LogP contribution in [0.25, 0.3) is 11.3 Å². The third-order valence-corrected chi connectivity index (χ3v) is 3.11. The molecule has 2 rings (SSSR count). The second-order valence-electron chi connectivity index (χ2n) is 5.56. The number of nitrogens with two attached hydrogens (primary N) is 1. The Kier molecular flexibility index (Phi) is 3.31. The van der Waals surface area contributed by atoms with Gasteiger partial charge in [-0.3, -0.25) is 0 Å². The molecule has 0 aliphatic heterocycles. The van der Waals surface area contributed by atoms with Crippen LogP contribution in [-0.2, 0) is 5.54 Å². The third-order valence-electron chi connectivity index (χ3n) is 2.89. The van der Waals surface area contributed by atoms with E-state index in [0.717, 1.165) is 5.82 Å². The lowest BCUT2D eigenvalue weighted by Crippen LogP contribution is -2.24. The molecule has 3 nitrogen and oxygen atoms in total. The zero-order chi connectivity index (χ0) is 14.4. The first-order valence-corrected chi connectivity index (χ1v) is 6.39. The molecule has 2 N–H and O–H groups in total. The van der Waals surface area contributed by atoms with E-state index in [-0.39, 0.29) is 5.54 Å². The molecule has 0 bridgehead atoms. The standard InChI is InChI=1S/C14H17ClFN3/c1-8-18-12(13(17)19(8)14(2,3)4)9-5-10(15)7-11(16)6-9/h5-7H,17H2,1-4H3. The first kappa shape index (κ1) is 13.9. The highest BCUT2D eigenvalue weighted by atomic mass is 35.5. The minimum atomic E-state index is -0.398. The predicted octanol–water partition coefficient (Wildman–Crippen LogP) is 3.99. The smallest absolute Gasteiger partial charge is 0.132 e. The van der Waals surface area contributed by atoms with Gasteiger partial charge in [-0.1, -0.05) is 11.6 Å². The van der Waals surface area contributed by atoms with Gasteiger partial charge < -0.3 is 10.3 Å². The molecule has 0 radical (unpaired) electrons. The maximum Gasteiger partial charge on any atom is 0.132 e. The van der Waals surface area contributed by atoms with Gasteiger partial charge in [-0.25, -0.2) is 9.37 Å². The second-order valence-corrected chi connectivity index (χ2v) is 5.99. The van der Waals surface area contributed by atoms with Crippen molar-refractivity contribution >= 4 is 17.4 Å². The van der Waals surface area contributed by atoms with E-state index in [1.807, 2.05) is 32.3 Å². The Morgan fingerprint density at radius 1 is 1.26 bits per heavy atom. The number of hydrogen-bond donors (Lipinski definition) is 1. The van der Waals surface area contributed by atoms with E-state index in [4.69, 9.17) is 17.3 Å². The molecule has 1 aromatic heterocycles. The van der Waals surface area contributed by atoms with E-state index in [2.05, 4.69) is 4.98 Å². The van der Waals surface area contributed by atoms with Gasteiger partial charge in [0, 0.05) is 16.1 Å². The molecule has 5 heteroatoms. The monoisotopic (exact) mass is 281 g/mol. The maximum absolute atomic E-state index is 13.4. The second kappa shape index (κ2) is 4.53. The Labute approximate surface area is 117 Å². The van der Waals surface area contributed by atoms with E-state index in [1.54, 1.807) is 6.07 Å². The minimum Gasteiger partial charge on any atom is -0.383 e. The maximum atomic E-state index is 13.4. The van der Waals surface area contributed by atoms with Crippen LogP contribution in [-0.4, -0.2) is 9.55 Å². The molecule has 0 saturated heterocycles. The summed E-state index contributed by atoms with van der Waals surface area (Å²) >= 11 is 5.87. The fourth-order valence-corrected chi connectivity index (χ4v) is 2.52. The molecule has 0 unspecified atom stereocenters. The van der Waals surface area contributed by atoms with Gasteiger partial charge in [-0.05, 0) is 45.9 Å². The highest BCUT2D eigenvalue weighted by Crippen LogP contribution is 2.32. The van der Waals surface area contributed by atoms with Crippen LogP contribution < -0.4 is 5.73 Å². The summed E-state index contributed by atoms with van der Waals surface area (Å²) in [6.07, 6.45) is 0. The van der Waals surface area contributed by atoms with Gasteiger partial charge >= 0.3 is 0 Å². The first-order valence-electron chi connectivity index (χ1n) is 6.02. The molecule has 0 atom stereocenters. The highest BCUT2D eigenvalue weighted by molar-refractivity contribution is 6.30. The van der Waals surface area contributed by atoms with Crippen molar-refractivity contribution < 1.29 is 4.39 Å². The molecule has 0 amide bonds. The molecule has 0 aliphatic rings. The number of rotatable bonds is 1. The van der Waals surface area contributed by atoms with E-state index >= 15 is 0 Å². The van der Waals surface area contributed by atoms with E-state index in [1.165, 1.54) is 12.1 Å². The van der Waals surface area contributed by atoms with Gasteiger partial charge in [0.2, 0.25) is 0 Å². The molecule has 102 valence electrons. The summed E-state index contributed by atoms with van der Waals surface area (Å²) < 4.78 is 15.4. The van der Waals surface area contributed by atoms with Crippen LogP contribution in [0.3, 0.4) is 0 Å². The molecular weight excluding hydrogens is 265 g/mol. The molecule has 0 saturated carbocycles. The molecule has 0 fully saturated rings. The fourth-order valence-electron chi connectivity index (χ4n) is 2.30. The van der Waals surface area contributed by atoms with Crippen LogP contribution in [0.1, 0.15) is 26.6 Å². The Hall–Kier alpha value is -1.55. The number of hydrogen-bond acceptors (Lipinski definition) is 2. The Morgan fingerprint density at radius 2 is 1.89 bits per heavy atom. The van der Waals surface area contributed by atoms with E-state index in [9.17, 15) is 4.39 Å². The summed E-state index contributed by atoms with van der Waals surface area (Å²) in [5.74, 6) is 0.914. The van der Waals surface area contributed by atoms with E-state index < -0.39 is 5.82 Å².